The third-order valence-electron chi connectivity index (χ3n) is 4.91. The zero-order valence-electron chi connectivity index (χ0n) is 14.7. The summed E-state index contributed by atoms with van der Waals surface area (Å²) in [7, 11) is 1.34. The minimum absolute atomic E-state index is 0.0750. The van der Waals surface area contributed by atoms with Crippen molar-refractivity contribution in [3.63, 3.8) is 0 Å². The highest BCUT2D eigenvalue weighted by Gasteiger charge is 2.40. The highest BCUT2D eigenvalue weighted by molar-refractivity contribution is 7.17. The third-order valence-corrected chi connectivity index (χ3v) is 6.08. The van der Waals surface area contributed by atoms with E-state index in [9.17, 15) is 14.4 Å². The van der Waals surface area contributed by atoms with Crippen LogP contribution in [-0.4, -0.2) is 31.6 Å². The van der Waals surface area contributed by atoms with Crippen LogP contribution in [0.15, 0.2) is 0 Å². The van der Waals surface area contributed by atoms with E-state index in [0.717, 1.165) is 36.1 Å². The molecule has 25 heavy (non-hydrogen) atoms. The van der Waals surface area contributed by atoms with E-state index in [1.165, 1.54) is 18.4 Å². The average molecular weight is 365 g/mol. The Bertz CT molecular complexity index is 711. The number of amides is 1. The van der Waals surface area contributed by atoms with Crippen LogP contribution in [0.1, 0.15) is 47.5 Å². The number of ether oxygens (including phenoxy) is 2. The predicted octanol–water partition coefficient (Wildman–Crippen LogP) is 2.80. The number of hydrogen-bond acceptors (Lipinski definition) is 6. The summed E-state index contributed by atoms with van der Waals surface area (Å²) in [6.07, 6.45) is 3.54. The van der Waals surface area contributed by atoms with Gasteiger partial charge in [-0.1, -0.05) is 13.8 Å². The van der Waals surface area contributed by atoms with Crippen LogP contribution in [-0.2, 0) is 31.9 Å². The van der Waals surface area contributed by atoms with Gasteiger partial charge in [0.25, 0.3) is 5.91 Å². The maximum atomic E-state index is 12.2. The molecule has 7 heteroatoms. The third kappa shape index (κ3) is 3.86. The fourth-order valence-corrected chi connectivity index (χ4v) is 4.63. The molecule has 0 aromatic carbocycles. The highest BCUT2D eigenvalue weighted by Crippen LogP contribution is 2.40. The van der Waals surface area contributed by atoms with Crippen molar-refractivity contribution >= 4 is 34.2 Å². The molecule has 3 atom stereocenters. The predicted molar refractivity (Wildman–Crippen MR) is 93.7 cm³/mol. The van der Waals surface area contributed by atoms with E-state index in [-0.39, 0.29) is 18.5 Å². The second kappa shape index (κ2) is 7.15. The number of esters is 2. The first-order valence-electron chi connectivity index (χ1n) is 8.60. The second-order valence-electron chi connectivity index (χ2n) is 7.02. The Labute approximate surface area is 150 Å². The number of fused-ring (bicyclic) bond motifs is 1. The molecule has 136 valence electrons. The topological polar surface area (TPSA) is 81.7 Å². The van der Waals surface area contributed by atoms with Crippen LogP contribution in [0.2, 0.25) is 0 Å². The van der Waals surface area contributed by atoms with E-state index >= 15 is 0 Å². The molecule has 0 saturated heterocycles. The van der Waals surface area contributed by atoms with Crippen LogP contribution < -0.4 is 5.32 Å². The maximum Gasteiger partial charge on any atom is 0.341 e. The molecule has 1 fully saturated rings. The van der Waals surface area contributed by atoms with Crippen molar-refractivity contribution in [2.24, 2.45) is 17.8 Å². The minimum Gasteiger partial charge on any atom is -0.465 e. The standard InChI is InChI=1S/C18H23NO5S/c1-9-4-5-11-13(6-9)25-16(15(11)18(22)23-3)19-14(20)8-24-17(21)12-7-10(12)2/h9-10,12H,4-8H2,1-3H3,(H,19,20)/t9-,10+,12-/m1/s1. The lowest BCUT2D eigenvalue weighted by atomic mass is 9.88. The SMILES string of the molecule is COC(=O)c1c(NC(=O)COC(=O)[C@@H]2C[C@@H]2C)sc2c1CC[C@@H](C)C2. The molecular weight excluding hydrogens is 342 g/mol. The molecule has 2 aliphatic carbocycles. The van der Waals surface area contributed by atoms with Gasteiger partial charge in [-0.15, -0.1) is 11.3 Å². The van der Waals surface area contributed by atoms with Gasteiger partial charge in [0, 0.05) is 4.88 Å². The van der Waals surface area contributed by atoms with Crippen molar-refractivity contribution in [3.05, 3.63) is 16.0 Å². The van der Waals surface area contributed by atoms with Crippen LogP contribution >= 0.6 is 11.3 Å². The fraction of sp³-hybridized carbons (Fsp3) is 0.611. The van der Waals surface area contributed by atoms with Gasteiger partial charge in [0.15, 0.2) is 6.61 Å². The Balaban J connectivity index is 1.69. The van der Waals surface area contributed by atoms with Gasteiger partial charge < -0.3 is 14.8 Å². The molecule has 1 heterocycles. The largest absolute Gasteiger partial charge is 0.465 e. The molecule has 0 bridgehead atoms. The summed E-state index contributed by atoms with van der Waals surface area (Å²) in [5, 5.41) is 3.22. The fourth-order valence-electron chi connectivity index (χ4n) is 3.21. The Morgan fingerprint density at radius 1 is 1.28 bits per heavy atom. The van der Waals surface area contributed by atoms with Crippen molar-refractivity contribution in [3.8, 4) is 0 Å². The minimum atomic E-state index is -0.439. The van der Waals surface area contributed by atoms with Crippen LogP contribution in [0.5, 0.6) is 0 Å². The van der Waals surface area contributed by atoms with Gasteiger partial charge in [-0.05, 0) is 43.1 Å². The van der Waals surface area contributed by atoms with Gasteiger partial charge in [0.2, 0.25) is 0 Å². The lowest BCUT2D eigenvalue weighted by Gasteiger charge is -2.18. The van der Waals surface area contributed by atoms with Crippen LogP contribution in [0.25, 0.3) is 0 Å². The van der Waals surface area contributed by atoms with E-state index in [1.807, 2.05) is 6.92 Å². The zero-order valence-corrected chi connectivity index (χ0v) is 15.5. The van der Waals surface area contributed by atoms with Gasteiger partial charge in [-0.25, -0.2) is 4.79 Å². The van der Waals surface area contributed by atoms with Crippen LogP contribution in [0.4, 0.5) is 5.00 Å². The van der Waals surface area contributed by atoms with Gasteiger partial charge in [0.05, 0.1) is 18.6 Å². The Morgan fingerprint density at radius 3 is 2.64 bits per heavy atom. The molecule has 1 aromatic rings. The van der Waals surface area contributed by atoms with Crippen molar-refractivity contribution in [2.45, 2.75) is 39.5 Å². The van der Waals surface area contributed by atoms with E-state index < -0.39 is 11.9 Å². The van der Waals surface area contributed by atoms with Crippen molar-refractivity contribution in [2.75, 3.05) is 19.0 Å². The van der Waals surface area contributed by atoms with E-state index in [0.29, 0.717) is 22.4 Å². The normalized spacial score (nSPS) is 24.2. The van der Waals surface area contributed by atoms with Gasteiger partial charge in [-0.2, -0.15) is 0 Å². The lowest BCUT2D eigenvalue weighted by Crippen LogP contribution is -2.22. The molecule has 1 aromatic heterocycles. The summed E-state index contributed by atoms with van der Waals surface area (Å²) < 4.78 is 9.94. The molecule has 0 unspecified atom stereocenters. The molecule has 2 aliphatic rings. The molecule has 0 spiro atoms. The monoisotopic (exact) mass is 365 g/mol. The first-order valence-corrected chi connectivity index (χ1v) is 9.41. The smallest absolute Gasteiger partial charge is 0.341 e. The van der Waals surface area contributed by atoms with E-state index in [4.69, 9.17) is 9.47 Å². The van der Waals surface area contributed by atoms with Crippen LogP contribution in [0, 0.1) is 17.8 Å². The summed E-state index contributed by atoms with van der Waals surface area (Å²) in [4.78, 5) is 37.2. The van der Waals surface area contributed by atoms with E-state index in [1.54, 1.807) is 0 Å². The van der Waals surface area contributed by atoms with Crippen molar-refractivity contribution < 1.29 is 23.9 Å². The number of methoxy groups -OCH3 is 1. The van der Waals surface area contributed by atoms with Crippen LogP contribution in [0.3, 0.4) is 0 Å². The van der Waals surface area contributed by atoms with Crippen molar-refractivity contribution in [1.29, 1.82) is 0 Å². The maximum absolute atomic E-state index is 12.2. The summed E-state index contributed by atoms with van der Waals surface area (Å²) in [6.45, 7) is 3.82. The molecule has 1 amide bonds. The quantitative estimate of drug-likeness (QED) is 0.812. The molecule has 0 aliphatic heterocycles. The summed E-state index contributed by atoms with van der Waals surface area (Å²) >= 11 is 1.42. The van der Waals surface area contributed by atoms with Gasteiger partial charge >= 0.3 is 11.9 Å². The highest BCUT2D eigenvalue weighted by atomic mass is 32.1. The van der Waals surface area contributed by atoms with Gasteiger partial charge in [-0.3, -0.25) is 9.59 Å². The average Bonchev–Trinajstić information content (AvgIpc) is 3.20. The molecule has 6 nitrogen and oxygen atoms in total. The lowest BCUT2D eigenvalue weighted by molar-refractivity contribution is -0.148. The number of thiophene rings is 1. The molecule has 3 rings (SSSR count). The Morgan fingerprint density at radius 2 is 2.00 bits per heavy atom. The Kier molecular flexibility index (Phi) is 5.13. The summed E-state index contributed by atoms with van der Waals surface area (Å²) in [5.41, 5.74) is 1.43. The number of anilines is 1. The first-order chi connectivity index (χ1) is 11.9. The molecular formula is C18H23NO5S. The van der Waals surface area contributed by atoms with Gasteiger partial charge in [0.1, 0.15) is 5.00 Å². The second-order valence-corrected chi connectivity index (χ2v) is 8.13. The summed E-state index contributed by atoms with van der Waals surface area (Å²) in [5.74, 6) is -0.372. The molecule has 0 radical (unpaired) electrons. The van der Waals surface area contributed by atoms with E-state index in [2.05, 4.69) is 12.2 Å². The summed E-state index contributed by atoms with van der Waals surface area (Å²) in [6, 6.07) is 0. The number of rotatable bonds is 5. The Hall–Kier alpha value is -1.89. The number of hydrogen-bond donors (Lipinski definition) is 1. The number of carbonyl (C=O) groups excluding carboxylic acids is 3. The number of nitrogens with one attached hydrogen (secondary N) is 1. The van der Waals surface area contributed by atoms with Crippen molar-refractivity contribution in [1.82, 2.24) is 0 Å². The zero-order chi connectivity index (χ0) is 18.1. The molecule has 1 saturated carbocycles. The molecule has 1 N–H and O–H groups in total. The number of carbonyl (C=O) groups is 3. The first kappa shape index (κ1) is 17.9.